The molecular weight excluding hydrogens is 326 g/mol. The Morgan fingerprint density at radius 1 is 1.23 bits per heavy atom. The monoisotopic (exact) mass is 352 g/mol. The number of nitrogens with one attached hydrogen (secondary N) is 1. The number of nitrogens with zero attached hydrogens (tertiary/aromatic N) is 2. The van der Waals surface area contributed by atoms with E-state index in [1.54, 1.807) is 13.2 Å². The predicted octanol–water partition coefficient (Wildman–Crippen LogP) is 3.88. The molecule has 0 aliphatic rings. The Kier molecular flexibility index (Phi) is 5.90. The molecule has 0 saturated carbocycles. The van der Waals surface area contributed by atoms with Gasteiger partial charge in [0.15, 0.2) is 11.4 Å². The molecule has 5 nitrogen and oxygen atoms in total. The lowest BCUT2D eigenvalue weighted by Gasteiger charge is -2.19. The molecule has 137 valence electrons. The Morgan fingerprint density at radius 3 is 2.38 bits per heavy atom. The molecule has 2 aromatic rings. The van der Waals surface area contributed by atoms with E-state index in [0.717, 1.165) is 5.56 Å². The van der Waals surface area contributed by atoms with E-state index in [9.17, 15) is 9.90 Å². The van der Waals surface area contributed by atoms with E-state index in [1.807, 2.05) is 19.1 Å². The largest absolute Gasteiger partial charge is 0.504 e. The lowest BCUT2D eigenvalue weighted by atomic mass is 9.86. The molecule has 5 heteroatoms. The van der Waals surface area contributed by atoms with E-state index in [-0.39, 0.29) is 22.8 Å². The molecule has 0 bridgehead atoms. The van der Waals surface area contributed by atoms with E-state index >= 15 is 0 Å². The van der Waals surface area contributed by atoms with Crippen LogP contribution in [0.4, 0.5) is 0 Å². The molecule has 0 aliphatic heterocycles. The summed E-state index contributed by atoms with van der Waals surface area (Å²) < 4.78 is 0. The molecular formula is C21H26N3O2. The fourth-order valence-corrected chi connectivity index (χ4v) is 2.81. The molecule has 2 N–H and O–H groups in total. The molecule has 1 atom stereocenters. The Morgan fingerprint density at radius 2 is 1.85 bits per heavy atom. The first-order valence-electron chi connectivity index (χ1n) is 8.74. The van der Waals surface area contributed by atoms with Crippen molar-refractivity contribution in [3.8, 4) is 5.75 Å². The van der Waals surface area contributed by atoms with Gasteiger partial charge in [-0.25, -0.2) is 9.97 Å². The number of rotatable bonds is 6. The molecule has 26 heavy (non-hydrogen) atoms. The maximum atomic E-state index is 10.9. The standard InChI is InChI=1S/C21H26N3O2/c1-13(11-19-23-14(2)20(26)18(12-25)24-19)10-17(22)15-6-8-16(9-7-15)21(3,4)5/h6-9,13,22,26H,10-11H2,1-5H3. The first kappa shape index (κ1) is 19.8. The van der Waals surface area contributed by atoms with Crippen LogP contribution in [-0.4, -0.2) is 27.1 Å². The molecule has 1 aromatic heterocycles. The summed E-state index contributed by atoms with van der Waals surface area (Å²) >= 11 is 0. The van der Waals surface area contributed by atoms with E-state index in [0.29, 0.717) is 30.1 Å². The van der Waals surface area contributed by atoms with Crippen LogP contribution in [0.5, 0.6) is 5.75 Å². The van der Waals surface area contributed by atoms with Crippen molar-refractivity contribution in [3.05, 3.63) is 52.6 Å². The zero-order valence-corrected chi connectivity index (χ0v) is 16.1. The van der Waals surface area contributed by atoms with Crippen LogP contribution in [0.2, 0.25) is 0 Å². The summed E-state index contributed by atoms with van der Waals surface area (Å²) in [5.74, 6) is 0.401. The first-order chi connectivity index (χ1) is 12.1. The van der Waals surface area contributed by atoms with Crippen LogP contribution >= 0.6 is 0 Å². The van der Waals surface area contributed by atoms with Gasteiger partial charge < -0.3 is 10.5 Å². The second-order valence-electron chi connectivity index (χ2n) is 7.84. The predicted molar refractivity (Wildman–Crippen MR) is 103 cm³/mol. The SMILES string of the molecule is Cc1nc(CC(C)CC(=N)c2ccc(C(C)(C)C)cc2)nc([C]=O)c1O. The first-order valence-corrected chi connectivity index (χ1v) is 8.74. The highest BCUT2D eigenvalue weighted by molar-refractivity contribution is 5.98. The van der Waals surface area contributed by atoms with Gasteiger partial charge in [-0.1, -0.05) is 52.0 Å². The summed E-state index contributed by atoms with van der Waals surface area (Å²) in [6, 6.07) is 8.15. The van der Waals surface area contributed by atoms with Gasteiger partial charge in [0, 0.05) is 12.1 Å². The van der Waals surface area contributed by atoms with Gasteiger partial charge in [-0.15, -0.1) is 0 Å². The summed E-state index contributed by atoms with van der Waals surface area (Å²) in [5.41, 5.74) is 3.08. The van der Waals surface area contributed by atoms with E-state index in [1.165, 1.54) is 5.56 Å². The Hall–Kier alpha value is -2.56. The number of aryl methyl sites for hydroxylation is 1. The second kappa shape index (κ2) is 7.77. The van der Waals surface area contributed by atoms with Gasteiger partial charge in [0.05, 0.1) is 5.69 Å². The van der Waals surface area contributed by atoms with E-state index in [4.69, 9.17) is 5.41 Å². The van der Waals surface area contributed by atoms with Gasteiger partial charge in [-0.2, -0.15) is 0 Å². The highest BCUT2D eigenvalue weighted by Gasteiger charge is 2.16. The molecule has 0 fully saturated rings. The van der Waals surface area contributed by atoms with Gasteiger partial charge in [0.2, 0.25) is 0 Å². The molecule has 1 aromatic carbocycles. The van der Waals surface area contributed by atoms with Crippen molar-refractivity contribution in [1.82, 2.24) is 9.97 Å². The van der Waals surface area contributed by atoms with Crippen LogP contribution in [0.25, 0.3) is 0 Å². The van der Waals surface area contributed by atoms with Gasteiger partial charge in [0.25, 0.3) is 6.29 Å². The molecule has 0 aliphatic carbocycles. The Bertz CT molecular complexity index is 805. The quantitative estimate of drug-likeness (QED) is 0.772. The van der Waals surface area contributed by atoms with E-state index in [2.05, 4.69) is 42.9 Å². The normalized spacial score (nSPS) is 12.7. The minimum absolute atomic E-state index is 0.0926. The number of hydrogen-bond donors (Lipinski definition) is 2. The summed E-state index contributed by atoms with van der Waals surface area (Å²) in [4.78, 5) is 19.2. The third kappa shape index (κ3) is 4.75. The third-order valence-electron chi connectivity index (χ3n) is 4.38. The van der Waals surface area contributed by atoms with Crippen LogP contribution in [0, 0.1) is 18.3 Å². The lowest BCUT2D eigenvalue weighted by Crippen LogP contribution is -2.13. The van der Waals surface area contributed by atoms with Crippen LogP contribution in [0.1, 0.15) is 62.5 Å². The minimum Gasteiger partial charge on any atom is -0.504 e. The van der Waals surface area contributed by atoms with Crippen molar-refractivity contribution in [2.45, 2.75) is 52.9 Å². The van der Waals surface area contributed by atoms with Gasteiger partial charge in [-0.3, -0.25) is 4.79 Å². The fourth-order valence-electron chi connectivity index (χ4n) is 2.81. The van der Waals surface area contributed by atoms with Crippen LogP contribution < -0.4 is 0 Å². The molecule has 0 spiro atoms. The van der Waals surface area contributed by atoms with Crippen LogP contribution in [0.3, 0.4) is 0 Å². The number of aromatic nitrogens is 2. The maximum Gasteiger partial charge on any atom is 0.257 e. The van der Waals surface area contributed by atoms with Crippen LogP contribution in [-0.2, 0) is 16.6 Å². The highest BCUT2D eigenvalue weighted by atomic mass is 16.3. The van der Waals surface area contributed by atoms with Gasteiger partial charge in [0.1, 0.15) is 5.82 Å². The zero-order chi connectivity index (χ0) is 19.5. The smallest absolute Gasteiger partial charge is 0.257 e. The molecule has 1 unspecified atom stereocenters. The van der Waals surface area contributed by atoms with Gasteiger partial charge >= 0.3 is 0 Å². The number of aromatic hydroxyl groups is 1. The summed E-state index contributed by atoms with van der Waals surface area (Å²) in [5, 5.41) is 18.1. The molecule has 0 amide bonds. The van der Waals surface area contributed by atoms with Crippen molar-refractivity contribution >= 4 is 12.0 Å². The molecule has 0 saturated heterocycles. The van der Waals surface area contributed by atoms with Gasteiger partial charge in [-0.05, 0) is 35.8 Å². The number of carbonyl (C=O) groups excluding carboxylic acids is 1. The van der Waals surface area contributed by atoms with Crippen molar-refractivity contribution in [3.63, 3.8) is 0 Å². The number of benzene rings is 1. The average Bonchev–Trinajstić information content (AvgIpc) is 2.57. The average molecular weight is 352 g/mol. The van der Waals surface area contributed by atoms with Crippen molar-refractivity contribution in [2.75, 3.05) is 0 Å². The summed E-state index contributed by atoms with van der Waals surface area (Å²) in [6.07, 6.45) is 2.75. The van der Waals surface area contributed by atoms with Crippen LogP contribution in [0.15, 0.2) is 24.3 Å². The molecule has 2 rings (SSSR count). The highest BCUT2D eigenvalue weighted by Crippen LogP contribution is 2.23. The zero-order valence-electron chi connectivity index (χ0n) is 16.1. The minimum atomic E-state index is -0.219. The molecule has 1 radical (unpaired) electrons. The van der Waals surface area contributed by atoms with E-state index < -0.39 is 0 Å². The van der Waals surface area contributed by atoms with Crippen molar-refractivity contribution < 1.29 is 9.90 Å². The Labute approximate surface area is 155 Å². The molecule has 1 heterocycles. The topological polar surface area (TPSA) is 86.9 Å². The summed E-state index contributed by atoms with van der Waals surface area (Å²) in [7, 11) is 0. The third-order valence-corrected chi connectivity index (χ3v) is 4.38. The second-order valence-corrected chi connectivity index (χ2v) is 7.84. The van der Waals surface area contributed by atoms with Crippen molar-refractivity contribution in [1.29, 1.82) is 5.41 Å². The Balaban J connectivity index is 2.05. The van der Waals surface area contributed by atoms with Crippen molar-refractivity contribution in [2.24, 2.45) is 5.92 Å². The maximum absolute atomic E-state index is 10.9. The lowest BCUT2D eigenvalue weighted by molar-refractivity contribution is 0.457. The summed E-state index contributed by atoms with van der Waals surface area (Å²) in [6.45, 7) is 10.2. The number of hydrogen-bond acceptors (Lipinski definition) is 5. The fraction of sp³-hybridized carbons (Fsp3) is 0.429.